The van der Waals surface area contributed by atoms with Crippen LogP contribution in [0.25, 0.3) is 0 Å². The van der Waals surface area contributed by atoms with Gasteiger partial charge in [-0.2, -0.15) is 18.3 Å². The minimum absolute atomic E-state index is 0.0247. The van der Waals surface area contributed by atoms with Crippen molar-refractivity contribution in [1.29, 1.82) is 0 Å². The van der Waals surface area contributed by atoms with Crippen LogP contribution in [0.4, 0.5) is 18.9 Å². The summed E-state index contributed by atoms with van der Waals surface area (Å²) in [7, 11) is 0. The van der Waals surface area contributed by atoms with Crippen LogP contribution in [-0.2, 0) is 10.9 Å². The number of benzene rings is 1. The maximum Gasteiger partial charge on any atom is 0.423 e. The van der Waals surface area contributed by atoms with Gasteiger partial charge in [-0.25, -0.2) is 0 Å². The first-order valence-corrected chi connectivity index (χ1v) is 9.03. The highest BCUT2D eigenvalue weighted by molar-refractivity contribution is 5.49. The second kappa shape index (κ2) is 7.08. The Morgan fingerprint density at radius 3 is 2.54 bits per heavy atom. The van der Waals surface area contributed by atoms with Gasteiger partial charge in [0.2, 0.25) is 0 Å². The van der Waals surface area contributed by atoms with Crippen LogP contribution in [0, 0.1) is 10.1 Å². The van der Waals surface area contributed by atoms with Crippen molar-refractivity contribution in [3.63, 3.8) is 0 Å². The van der Waals surface area contributed by atoms with Crippen LogP contribution in [0.2, 0.25) is 0 Å². The Morgan fingerprint density at radius 2 is 1.93 bits per heavy atom. The summed E-state index contributed by atoms with van der Waals surface area (Å²) in [6.07, 6.45) is 0.480. The molecule has 2 aliphatic rings. The Morgan fingerprint density at radius 1 is 1.21 bits per heavy atom. The number of ether oxygens (including phenoxy) is 2. The van der Waals surface area contributed by atoms with E-state index in [1.54, 1.807) is 6.20 Å². The monoisotopic (exact) mass is 397 g/mol. The molecule has 1 aliphatic heterocycles. The molecule has 1 aliphatic carbocycles. The van der Waals surface area contributed by atoms with E-state index >= 15 is 0 Å². The molecular weight excluding hydrogens is 379 g/mol. The summed E-state index contributed by atoms with van der Waals surface area (Å²) in [4.78, 5) is 10.1. The van der Waals surface area contributed by atoms with E-state index in [1.807, 2.05) is 4.68 Å². The summed E-state index contributed by atoms with van der Waals surface area (Å²) >= 11 is 0. The lowest BCUT2D eigenvalue weighted by Crippen LogP contribution is -2.15. The van der Waals surface area contributed by atoms with Gasteiger partial charge in [0.25, 0.3) is 5.69 Å². The summed E-state index contributed by atoms with van der Waals surface area (Å²) in [6, 6.07) is 2.88. The van der Waals surface area contributed by atoms with E-state index in [1.165, 1.54) is 0 Å². The fourth-order valence-electron chi connectivity index (χ4n) is 3.34. The molecule has 0 N–H and O–H groups in total. The largest absolute Gasteiger partial charge is 0.453 e. The van der Waals surface area contributed by atoms with Gasteiger partial charge in [0.15, 0.2) is 5.75 Å². The number of nitro benzene ring substituents is 1. The molecule has 150 valence electrons. The van der Waals surface area contributed by atoms with Crippen LogP contribution >= 0.6 is 0 Å². The second-order valence-electron chi connectivity index (χ2n) is 7.01. The third kappa shape index (κ3) is 3.82. The van der Waals surface area contributed by atoms with Crippen LogP contribution in [0.5, 0.6) is 11.5 Å². The summed E-state index contributed by atoms with van der Waals surface area (Å²) in [6.45, 7) is 1.21. The number of rotatable bonds is 5. The zero-order chi connectivity index (χ0) is 19.9. The summed E-state index contributed by atoms with van der Waals surface area (Å²) in [5, 5.41) is 15.7. The van der Waals surface area contributed by atoms with Gasteiger partial charge in [0.1, 0.15) is 17.0 Å². The maximum atomic E-state index is 13.0. The number of nitro groups is 1. The van der Waals surface area contributed by atoms with E-state index in [0.29, 0.717) is 31.1 Å². The summed E-state index contributed by atoms with van der Waals surface area (Å²) < 4.78 is 52.0. The Labute approximate surface area is 158 Å². The first kappa shape index (κ1) is 18.7. The fourth-order valence-corrected chi connectivity index (χ4v) is 3.34. The van der Waals surface area contributed by atoms with Crippen molar-refractivity contribution in [3.05, 3.63) is 45.8 Å². The van der Waals surface area contributed by atoms with Crippen molar-refractivity contribution in [2.75, 3.05) is 13.2 Å². The molecule has 7 nitrogen and oxygen atoms in total. The van der Waals surface area contributed by atoms with E-state index in [9.17, 15) is 23.3 Å². The Bertz CT molecular complexity index is 887. The maximum absolute atomic E-state index is 13.0. The van der Waals surface area contributed by atoms with Gasteiger partial charge in [-0.15, -0.1) is 0 Å². The average molecular weight is 397 g/mol. The summed E-state index contributed by atoms with van der Waals surface area (Å²) in [5.41, 5.74) is -1.62. The van der Waals surface area contributed by atoms with Crippen molar-refractivity contribution in [2.45, 2.75) is 43.8 Å². The molecule has 28 heavy (non-hydrogen) atoms. The number of aromatic nitrogens is 2. The molecule has 1 aromatic heterocycles. The van der Waals surface area contributed by atoms with E-state index in [0.717, 1.165) is 43.5 Å². The van der Waals surface area contributed by atoms with Crippen LogP contribution in [-0.4, -0.2) is 27.9 Å². The van der Waals surface area contributed by atoms with Gasteiger partial charge in [0.05, 0.1) is 23.2 Å². The highest BCUT2D eigenvalue weighted by atomic mass is 19.4. The molecule has 1 saturated heterocycles. The molecule has 1 saturated carbocycles. The third-order valence-electron chi connectivity index (χ3n) is 4.95. The standard InChI is InChI=1S/C18H18F3N3O4/c19-18(20,21)14-4-3-13(9-15(14)24(25)26)28-16-10-23(12-1-2-12)22-17(16)11-5-7-27-8-6-11/h3-4,9-12H,1-2,5-8H2. The molecule has 0 bridgehead atoms. The molecule has 4 rings (SSSR count). The first-order chi connectivity index (χ1) is 13.3. The smallest absolute Gasteiger partial charge is 0.423 e. The van der Waals surface area contributed by atoms with Crippen LogP contribution in [0.3, 0.4) is 0 Å². The molecule has 0 unspecified atom stereocenters. The molecule has 2 fully saturated rings. The molecular formula is C18H18F3N3O4. The van der Waals surface area contributed by atoms with Crippen molar-refractivity contribution in [1.82, 2.24) is 9.78 Å². The van der Waals surface area contributed by atoms with E-state index < -0.39 is 22.4 Å². The van der Waals surface area contributed by atoms with Gasteiger partial charge in [-0.1, -0.05) is 0 Å². The average Bonchev–Trinajstić information content (AvgIpc) is 3.42. The van der Waals surface area contributed by atoms with Crippen molar-refractivity contribution in [2.24, 2.45) is 0 Å². The highest BCUT2D eigenvalue weighted by Crippen LogP contribution is 2.42. The van der Waals surface area contributed by atoms with E-state index in [2.05, 4.69) is 5.10 Å². The molecule has 0 spiro atoms. The van der Waals surface area contributed by atoms with Crippen molar-refractivity contribution in [3.8, 4) is 11.5 Å². The van der Waals surface area contributed by atoms with E-state index in [4.69, 9.17) is 9.47 Å². The molecule has 2 heterocycles. The van der Waals surface area contributed by atoms with Gasteiger partial charge in [-0.3, -0.25) is 14.8 Å². The van der Waals surface area contributed by atoms with Crippen LogP contribution in [0.15, 0.2) is 24.4 Å². The van der Waals surface area contributed by atoms with Gasteiger partial charge in [-0.05, 0) is 37.8 Å². The van der Waals surface area contributed by atoms with Crippen LogP contribution in [0.1, 0.15) is 48.9 Å². The minimum atomic E-state index is -4.81. The highest BCUT2D eigenvalue weighted by Gasteiger charge is 2.38. The number of hydrogen-bond donors (Lipinski definition) is 0. The molecule has 0 amide bonds. The van der Waals surface area contributed by atoms with Gasteiger partial charge < -0.3 is 9.47 Å². The number of hydrogen-bond acceptors (Lipinski definition) is 5. The normalized spacial score (nSPS) is 18.2. The lowest BCUT2D eigenvalue weighted by Gasteiger charge is -2.21. The Hall–Kier alpha value is -2.62. The quantitative estimate of drug-likeness (QED) is 0.533. The van der Waals surface area contributed by atoms with Crippen molar-refractivity contribution < 1.29 is 27.6 Å². The topological polar surface area (TPSA) is 79.4 Å². The number of alkyl halides is 3. The molecule has 2 aromatic rings. The fraction of sp³-hybridized carbons (Fsp3) is 0.500. The number of nitrogens with zero attached hydrogens (tertiary/aromatic N) is 3. The molecule has 0 atom stereocenters. The van der Waals surface area contributed by atoms with Crippen molar-refractivity contribution >= 4 is 5.69 Å². The lowest BCUT2D eigenvalue weighted by atomic mass is 9.96. The summed E-state index contributed by atoms with van der Waals surface area (Å²) in [5.74, 6) is 0.518. The van der Waals surface area contributed by atoms with Gasteiger partial charge in [0, 0.05) is 19.1 Å². The Kier molecular flexibility index (Phi) is 4.74. The zero-order valence-electron chi connectivity index (χ0n) is 14.8. The van der Waals surface area contributed by atoms with Gasteiger partial charge >= 0.3 is 6.18 Å². The lowest BCUT2D eigenvalue weighted by molar-refractivity contribution is -0.388. The second-order valence-corrected chi connectivity index (χ2v) is 7.01. The minimum Gasteiger partial charge on any atom is -0.453 e. The predicted octanol–water partition coefficient (Wildman–Crippen LogP) is 4.83. The van der Waals surface area contributed by atoms with Crippen LogP contribution < -0.4 is 4.74 Å². The van der Waals surface area contributed by atoms with E-state index in [-0.39, 0.29) is 11.7 Å². The molecule has 10 heteroatoms. The Balaban J connectivity index is 1.66. The predicted molar refractivity (Wildman–Crippen MR) is 91.5 cm³/mol. The first-order valence-electron chi connectivity index (χ1n) is 9.03. The SMILES string of the molecule is O=[N+]([O-])c1cc(Oc2cn(C3CC3)nc2C2CCOCC2)ccc1C(F)(F)F. The molecule has 0 radical (unpaired) electrons. The molecule has 1 aromatic carbocycles. The third-order valence-corrected chi connectivity index (χ3v) is 4.95. The zero-order valence-corrected chi connectivity index (χ0v) is 14.8. The number of halogens is 3.